The first-order valence-electron chi connectivity index (χ1n) is 6.85. The van der Waals surface area contributed by atoms with Gasteiger partial charge in [-0.1, -0.05) is 0 Å². The van der Waals surface area contributed by atoms with Gasteiger partial charge in [-0.05, 0) is 25.8 Å². The van der Waals surface area contributed by atoms with E-state index < -0.39 is 0 Å². The fourth-order valence-corrected chi connectivity index (χ4v) is 3.51. The van der Waals surface area contributed by atoms with E-state index in [2.05, 4.69) is 17.0 Å². The topological polar surface area (TPSA) is 51.0 Å². The summed E-state index contributed by atoms with van der Waals surface area (Å²) in [5.74, 6) is 0.402. The molecule has 6 heteroatoms. The first-order chi connectivity index (χ1) is 9.63. The summed E-state index contributed by atoms with van der Waals surface area (Å²) in [6.07, 6.45) is 5.86. The Kier molecular flexibility index (Phi) is 3.56. The van der Waals surface area contributed by atoms with Crippen LogP contribution in [0.15, 0.2) is 18.5 Å². The first-order valence-corrected chi connectivity index (χ1v) is 7.66. The van der Waals surface area contributed by atoms with Crippen molar-refractivity contribution in [2.75, 3.05) is 13.1 Å². The van der Waals surface area contributed by atoms with Gasteiger partial charge in [0.05, 0.1) is 5.01 Å². The highest BCUT2D eigenvalue weighted by atomic mass is 32.1. The number of aryl methyl sites for hydroxylation is 2. The molecule has 0 aromatic carbocycles. The molecule has 3 rings (SSSR count). The molecule has 0 saturated carbocycles. The Morgan fingerprint density at radius 2 is 2.35 bits per heavy atom. The number of thiazole rings is 1. The molecule has 2 aromatic rings. The second-order valence-corrected chi connectivity index (χ2v) is 6.54. The summed E-state index contributed by atoms with van der Waals surface area (Å²) in [7, 11) is 1.83. The second-order valence-electron chi connectivity index (χ2n) is 5.27. The second kappa shape index (κ2) is 5.36. The Morgan fingerprint density at radius 1 is 1.50 bits per heavy atom. The lowest BCUT2D eigenvalue weighted by Gasteiger charge is -2.31. The van der Waals surface area contributed by atoms with E-state index >= 15 is 0 Å². The number of carbonyl (C=O) groups excluding carboxylic acids is 1. The molecule has 1 amide bonds. The third-order valence-corrected chi connectivity index (χ3v) is 4.70. The first kappa shape index (κ1) is 13.3. The van der Waals surface area contributed by atoms with Crippen LogP contribution in [-0.2, 0) is 7.05 Å². The van der Waals surface area contributed by atoms with Crippen LogP contribution in [0.5, 0.6) is 0 Å². The van der Waals surface area contributed by atoms with Gasteiger partial charge in [0.2, 0.25) is 0 Å². The molecule has 1 aliphatic rings. The normalized spacial score (nSPS) is 19.3. The van der Waals surface area contributed by atoms with Crippen LogP contribution in [0.4, 0.5) is 0 Å². The van der Waals surface area contributed by atoms with Crippen LogP contribution in [0, 0.1) is 6.92 Å². The minimum absolute atomic E-state index is 0.0311. The summed E-state index contributed by atoms with van der Waals surface area (Å²) in [5, 5.41) is 5.35. The molecule has 2 aromatic heterocycles. The molecule has 1 aliphatic heterocycles. The number of hydrogen-bond donors (Lipinski definition) is 0. The van der Waals surface area contributed by atoms with Gasteiger partial charge in [-0.2, -0.15) is 5.10 Å². The minimum atomic E-state index is 0.0311. The number of rotatable bonds is 2. The van der Waals surface area contributed by atoms with E-state index in [9.17, 15) is 4.79 Å². The lowest BCUT2D eigenvalue weighted by molar-refractivity contribution is 0.0700. The van der Waals surface area contributed by atoms with Crippen LogP contribution >= 0.6 is 11.3 Å². The largest absolute Gasteiger partial charge is 0.337 e. The van der Waals surface area contributed by atoms with Crippen molar-refractivity contribution in [1.82, 2.24) is 19.7 Å². The summed E-state index contributed by atoms with van der Waals surface area (Å²) >= 11 is 1.74. The van der Waals surface area contributed by atoms with E-state index in [0.717, 1.165) is 30.9 Å². The smallest absolute Gasteiger partial charge is 0.274 e. The Hall–Kier alpha value is -1.69. The van der Waals surface area contributed by atoms with E-state index in [1.54, 1.807) is 28.3 Å². The van der Waals surface area contributed by atoms with Crippen LogP contribution in [-0.4, -0.2) is 38.7 Å². The van der Waals surface area contributed by atoms with Crippen LogP contribution < -0.4 is 0 Å². The highest BCUT2D eigenvalue weighted by molar-refractivity contribution is 7.11. The van der Waals surface area contributed by atoms with Gasteiger partial charge in [0.1, 0.15) is 5.69 Å². The Bertz CT molecular complexity index is 618. The Labute approximate surface area is 122 Å². The summed E-state index contributed by atoms with van der Waals surface area (Å²) in [6, 6.07) is 1.78. The molecule has 1 fully saturated rings. The lowest BCUT2D eigenvalue weighted by Crippen LogP contribution is -2.39. The molecule has 0 spiro atoms. The summed E-state index contributed by atoms with van der Waals surface area (Å²) in [5.41, 5.74) is 0.531. The highest BCUT2D eigenvalue weighted by Crippen LogP contribution is 2.30. The number of hydrogen-bond acceptors (Lipinski definition) is 4. The van der Waals surface area contributed by atoms with Gasteiger partial charge in [0, 0.05) is 43.3 Å². The Balaban J connectivity index is 1.73. The zero-order valence-electron chi connectivity index (χ0n) is 11.7. The molecule has 1 unspecified atom stereocenters. The van der Waals surface area contributed by atoms with Gasteiger partial charge in [0.15, 0.2) is 0 Å². The number of piperidine rings is 1. The average molecular weight is 290 g/mol. The lowest BCUT2D eigenvalue weighted by atomic mass is 9.98. The van der Waals surface area contributed by atoms with Crippen molar-refractivity contribution >= 4 is 17.2 Å². The quantitative estimate of drug-likeness (QED) is 0.852. The zero-order valence-corrected chi connectivity index (χ0v) is 12.6. The van der Waals surface area contributed by atoms with E-state index in [1.807, 2.05) is 18.1 Å². The maximum atomic E-state index is 12.4. The van der Waals surface area contributed by atoms with Gasteiger partial charge in [0.25, 0.3) is 5.91 Å². The van der Waals surface area contributed by atoms with Crippen molar-refractivity contribution in [3.05, 3.63) is 34.0 Å². The van der Waals surface area contributed by atoms with Crippen LogP contribution in [0.1, 0.15) is 39.1 Å². The standard InChI is InChI=1S/C14H18N4OS/c1-10-8-15-13(20-10)11-4-3-6-18(9-11)14(19)12-5-7-17(2)16-12/h5,7-8,11H,3-4,6,9H2,1-2H3. The summed E-state index contributed by atoms with van der Waals surface area (Å²) in [6.45, 7) is 3.64. The van der Waals surface area contributed by atoms with Crippen molar-refractivity contribution in [1.29, 1.82) is 0 Å². The minimum Gasteiger partial charge on any atom is -0.337 e. The summed E-state index contributed by atoms with van der Waals surface area (Å²) < 4.78 is 1.67. The number of aromatic nitrogens is 3. The Morgan fingerprint density at radius 3 is 3.00 bits per heavy atom. The molecular weight excluding hydrogens is 272 g/mol. The molecule has 0 aliphatic carbocycles. The molecule has 20 heavy (non-hydrogen) atoms. The maximum Gasteiger partial charge on any atom is 0.274 e. The van der Waals surface area contributed by atoms with Gasteiger partial charge in [-0.25, -0.2) is 4.98 Å². The number of likely N-dealkylation sites (tertiary alicyclic amines) is 1. The average Bonchev–Trinajstić information content (AvgIpc) is 3.07. The van der Waals surface area contributed by atoms with Gasteiger partial charge >= 0.3 is 0 Å². The van der Waals surface area contributed by atoms with Gasteiger partial charge in [-0.3, -0.25) is 9.48 Å². The molecule has 1 saturated heterocycles. The van der Waals surface area contributed by atoms with E-state index in [-0.39, 0.29) is 5.91 Å². The molecule has 1 atom stereocenters. The third kappa shape index (κ3) is 2.60. The van der Waals surface area contributed by atoms with E-state index in [0.29, 0.717) is 11.6 Å². The molecule has 5 nitrogen and oxygen atoms in total. The van der Waals surface area contributed by atoms with E-state index in [4.69, 9.17) is 0 Å². The van der Waals surface area contributed by atoms with Crippen molar-refractivity contribution in [3.8, 4) is 0 Å². The zero-order chi connectivity index (χ0) is 14.1. The highest BCUT2D eigenvalue weighted by Gasteiger charge is 2.27. The van der Waals surface area contributed by atoms with E-state index in [1.165, 1.54) is 4.88 Å². The number of nitrogens with zero attached hydrogens (tertiary/aromatic N) is 4. The third-order valence-electron chi connectivity index (χ3n) is 3.63. The van der Waals surface area contributed by atoms with Crippen LogP contribution in [0.2, 0.25) is 0 Å². The summed E-state index contributed by atoms with van der Waals surface area (Å²) in [4.78, 5) is 20.0. The monoisotopic (exact) mass is 290 g/mol. The van der Waals surface area contributed by atoms with Crippen LogP contribution in [0.3, 0.4) is 0 Å². The van der Waals surface area contributed by atoms with Crippen molar-refractivity contribution in [2.45, 2.75) is 25.7 Å². The predicted molar refractivity (Wildman–Crippen MR) is 77.9 cm³/mol. The fraction of sp³-hybridized carbons (Fsp3) is 0.500. The number of carbonyl (C=O) groups is 1. The SMILES string of the molecule is Cc1cnc(C2CCCN(C(=O)c3ccn(C)n3)C2)s1. The van der Waals surface area contributed by atoms with Crippen molar-refractivity contribution < 1.29 is 4.79 Å². The molecule has 0 bridgehead atoms. The van der Waals surface area contributed by atoms with Gasteiger partial charge in [-0.15, -0.1) is 11.3 Å². The molecule has 0 radical (unpaired) electrons. The number of amides is 1. The van der Waals surface area contributed by atoms with Gasteiger partial charge < -0.3 is 4.90 Å². The van der Waals surface area contributed by atoms with Crippen molar-refractivity contribution in [3.63, 3.8) is 0 Å². The van der Waals surface area contributed by atoms with Crippen LogP contribution in [0.25, 0.3) is 0 Å². The molecule has 0 N–H and O–H groups in total. The predicted octanol–water partition coefficient (Wildman–Crippen LogP) is 2.20. The molecule has 3 heterocycles. The maximum absolute atomic E-state index is 12.4. The molecular formula is C14H18N4OS. The fourth-order valence-electron chi connectivity index (χ4n) is 2.62. The van der Waals surface area contributed by atoms with Crippen molar-refractivity contribution in [2.24, 2.45) is 7.05 Å². The molecule has 106 valence electrons.